The summed E-state index contributed by atoms with van der Waals surface area (Å²) in [7, 11) is 0. The molecule has 72 valence electrons. The van der Waals surface area contributed by atoms with Crippen LogP contribution in [0.4, 0.5) is 0 Å². The Morgan fingerprint density at radius 1 is 1.46 bits per heavy atom. The minimum atomic E-state index is 0.0271. The second kappa shape index (κ2) is 4.46. The van der Waals surface area contributed by atoms with E-state index in [1.54, 1.807) is 4.68 Å². The highest BCUT2D eigenvalue weighted by Gasteiger charge is 2.04. The van der Waals surface area contributed by atoms with Crippen molar-refractivity contribution in [2.45, 2.75) is 20.3 Å². The van der Waals surface area contributed by atoms with E-state index in [0.717, 1.165) is 11.4 Å². The molecule has 0 saturated carbocycles. The van der Waals surface area contributed by atoms with Gasteiger partial charge in [0, 0.05) is 23.1 Å². The van der Waals surface area contributed by atoms with Crippen LogP contribution < -0.4 is 5.43 Å². The lowest BCUT2D eigenvalue weighted by Gasteiger charge is -2.10. The van der Waals surface area contributed by atoms with Gasteiger partial charge in [-0.2, -0.15) is 0 Å². The fourth-order valence-electron chi connectivity index (χ4n) is 1.11. The summed E-state index contributed by atoms with van der Waals surface area (Å²) in [6, 6.07) is 3.95. The van der Waals surface area contributed by atoms with E-state index in [1.165, 1.54) is 0 Å². The molecule has 4 heteroatoms. The molecule has 0 atom stereocenters. The molecule has 13 heavy (non-hydrogen) atoms. The summed E-state index contributed by atoms with van der Waals surface area (Å²) >= 11 is 3.22. The summed E-state index contributed by atoms with van der Waals surface area (Å²) < 4.78 is 1.80. The van der Waals surface area contributed by atoms with Crippen LogP contribution in [0.25, 0.3) is 0 Å². The minimum absolute atomic E-state index is 0.0271. The Labute approximate surface area is 86.2 Å². The highest BCUT2D eigenvalue weighted by atomic mass is 79.9. The smallest absolute Gasteiger partial charge is 0.239 e. The fraction of sp³-hybridized carbons (Fsp3) is 0.444. The molecule has 0 unspecified atom stereocenters. The third-order valence-electron chi connectivity index (χ3n) is 1.83. The second-order valence-electron chi connectivity index (χ2n) is 2.93. The van der Waals surface area contributed by atoms with Gasteiger partial charge in [-0.1, -0.05) is 15.9 Å². The number of rotatable bonds is 3. The van der Waals surface area contributed by atoms with Crippen LogP contribution in [0.3, 0.4) is 0 Å². The van der Waals surface area contributed by atoms with Crippen molar-refractivity contribution < 1.29 is 4.79 Å². The van der Waals surface area contributed by atoms with E-state index in [0.29, 0.717) is 11.8 Å². The van der Waals surface area contributed by atoms with E-state index >= 15 is 0 Å². The summed E-state index contributed by atoms with van der Waals surface area (Å²) in [6.45, 7) is 3.92. The monoisotopic (exact) mass is 244 g/mol. The van der Waals surface area contributed by atoms with Gasteiger partial charge in [0.1, 0.15) is 0 Å². The topological polar surface area (TPSA) is 34.0 Å². The van der Waals surface area contributed by atoms with E-state index < -0.39 is 0 Å². The number of halogens is 1. The highest BCUT2D eigenvalue weighted by molar-refractivity contribution is 9.09. The van der Waals surface area contributed by atoms with Crippen LogP contribution in [0.15, 0.2) is 12.1 Å². The molecule has 1 N–H and O–H groups in total. The molecule has 1 aromatic heterocycles. The molecule has 0 aliphatic rings. The molecule has 1 amide bonds. The van der Waals surface area contributed by atoms with Crippen molar-refractivity contribution in [3.63, 3.8) is 0 Å². The Morgan fingerprint density at radius 2 is 2.00 bits per heavy atom. The molecule has 0 radical (unpaired) electrons. The van der Waals surface area contributed by atoms with Gasteiger partial charge in [-0.25, -0.2) is 0 Å². The average Bonchev–Trinajstić information content (AvgIpc) is 2.36. The van der Waals surface area contributed by atoms with Crippen LogP contribution in [-0.4, -0.2) is 15.9 Å². The normalized spacial score (nSPS) is 10.1. The molecule has 0 saturated heterocycles. The van der Waals surface area contributed by atoms with Crippen molar-refractivity contribution in [1.29, 1.82) is 0 Å². The van der Waals surface area contributed by atoms with Gasteiger partial charge in [0.15, 0.2) is 0 Å². The third-order valence-corrected chi connectivity index (χ3v) is 2.23. The summed E-state index contributed by atoms with van der Waals surface area (Å²) in [5.41, 5.74) is 4.89. The molecular weight excluding hydrogens is 232 g/mol. The van der Waals surface area contributed by atoms with Crippen LogP contribution in [0.2, 0.25) is 0 Å². The second-order valence-corrected chi connectivity index (χ2v) is 3.72. The number of carbonyl (C=O) groups is 1. The standard InChI is InChI=1S/C9H13BrN2O/c1-7-3-4-8(2)12(7)11-9(13)5-6-10/h3-4H,5-6H2,1-2H3,(H,11,13). The molecule has 1 aromatic rings. The maximum Gasteiger partial charge on any atom is 0.239 e. The zero-order valence-corrected chi connectivity index (χ0v) is 9.39. The van der Waals surface area contributed by atoms with E-state index in [4.69, 9.17) is 0 Å². The third kappa shape index (κ3) is 2.59. The predicted octanol–water partition coefficient (Wildman–Crippen LogP) is 1.96. The van der Waals surface area contributed by atoms with Crippen LogP contribution in [0, 0.1) is 13.8 Å². The highest BCUT2D eigenvalue weighted by Crippen LogP contribution is 2.04. The van der Waals surface area contributed by atoms with Crippen molar-refractivity contribution in [1.82, 2.24) is 4.68 Å². The fourth-order valence-corrected chi connectivity index (χ4v) is 1.47. The van der Waals surface area contributed by atoms with Crippen molar-refractivity contribution in [2.24, 2.45) is 0 Å². The number of alkyl halides is 1. The molecule has 1 rings (SSSR count). The number of aromatic nitrogens is 1. The molecular formula is C9H13BrN2O. The van der Waals surface area contributed by atoms with Crippen LogP contribution in [-0.2, 0) is 4.79 Å². The number of hydrogen-bond acceptors (Lipinski definition) is 1. The predicted molar refractivity (Wildman–Crippen MR) is 56.7 cm³/mol. The number of amides is 1. The minimum Gasteiger partial charge on any atom is -0.273 e. The molecule has 0 bridgehead atoms. The van der Waals surface area contributed by atoms with Gasteiger partial charge in [-0.05, 0) is 26.0 Å². The SMILES string of the molecule is Cc1ccc(C)n1NC(=O)CCBr. The first-order chi connectivity index (χ1) is 6.15. The van der Waals surface area contributed by atoms with E-state index in [2.05, 4.69) is 21.4 Å². The van der Waals surface area contributed by atoms with Crippen molar-refractivity contribution in [3.05, 3.63) is 23.5 Å². The number of hydrogen-bond donors (Lipinski definition) is 1. The lowest BCUT2D eigenvalue weighted by Crippen LogP contribution is -2.24. The first-order valence-corrected chi connectivity index (χ1v) is 5.28. The molecule has 3 nitrogen and oxygen atoms in total. The van der Waals surface area contributed by atoms with Crippen molar-refractivity contribution in [2.75, 3.05) is 10.8 Å². The first-order valence-electron chi connectivity index (χ1n) is 4.16. The molecule has 0 aliphatic carbocycles. The lowest BCUT2D eigenvalue weighted by atomic mass is 10.5. The average molecular weight is 245 g/mol. The molecule has 0 spiro atoms. The van der Waals surface area contributed by atoms with Gasteiger partial charge in [-0.15, -0.1) is 0 Å². The first kappa shape index (κ1) is 10.3. The Balaban J connectivity index is 2.68. The van der Waals surface area contributed by atoms with Gasteiger partial charge >= 0.3 is 0 Å². The van der Waals surface area contributed by atoms with Crippen molar-refractivity contribution in [3.8, 4) is 0 Å². The Bertz CT molecular complexity index is 287. The van der Waals surface area contributed by atoms with E-state index in [9.17, 15) is 4.79 Å². The quantitative estimate of drug-likeness (QED) is 0.811. The zero-order chi connectivity index (χ0) is 9.84. The Hall–Kier alpha value is -0.770. The summed E-state index contributed by atoms with van der Waals surface area (Å²) in [4.78, 5) is 11.3. The number of nitrogens with one attached hydrogen (secondary N) is 1. The van der Waals surface area contributed by atoms with Gasteiger partial charge in [0.2, 0.25) is 5.91 Å². The largest absolute Gasteiger partial charge is 0.273 e. The van der Waals surface area contributed by atoms with Gasteiger partial charge in [0.05, 0.1) is 0 Å². The summed E-state index contributed by atoms with van der Waals surface area (Å²) in [5, 5.41) is 0.693. The van der Waals surface area contributed by atoms with Gasteiger partial charge in [-0.3, -0.25) is 14.9 Å². The Morgan fingerprint density at radius 3 is 2.46 bits per heavy atom. The molecule has 1 heterocycles. The maximum atomic E-state index is 11.3. The van der Waals surface area contributed by atoms with Crippen LogP contribution in [0.1, 0.15) is 17.8 Å². The van der Waals surface area contributed by atoms with Gasteiger partial charge < -0.3 is 0 Å². The molecule has 0 aromatic carbocycles. The van der Waals surface area contributed by atoms with E-state index in [-0.39, 0.29) is 5.91 Å². The molecule has 0 aliphatic heterocycles. The maximum absolute atomic E-state index is 11.3. The van der Waals surface area contributed by atoms with Crippen LogP contribution in [0.5, 0.6) is 0 Å². The number of nitrogens with zero attached hydrogens (tertiary/aromatic N) is 1. The molecule has 0 fully saturated rings. The summed E-state index contributed by atoms with van der Waals surface area (Å²) in [5.74, 6) is 0.0271. The van der Waals surface area contributed by atoms with Crippen molar-refractivity contribution >= 4 is 21.8 Å². The van der Waals surface area contributed by atoms with Gasteiger partial charge in [0.25, 0.3) is 0 Å². The number of aryl methyl sites for hydroxylation is 2. The summed E-state index contributed by atoms with van der Waals surface area (Å²) in [6.07, 6.45) is 0.497. The number of carbonyl (C=O) groups excluding carboxylic acids is 1. The lowest BCUT2D eigenvalue weighted by molar-refractivity contribution is -0.116. The Kier molecular flexibility index (Phi) is 3.54. The van der Waals surface area contributed by atoms with Crippen LogP contribution >= 0.6 is 15.9 Å². The zero-order valence-electron chi connectivity index (χ0n) is 7.80. The van der Waals surface area contributed by atoms with E-state index in [1.807, 2.05) is 26.0 Å².